The highest BCUT2D eigenvalue weighted by Gasteiger charge is 2.18. The van der Waals surface area contributed by atoms with Crippen molar-refractivity contribution >= 4 is 15.7 Å². The van der Waals surface area contributed by atoms with Crippen molar-refractivity contribution in [2.45, 2.75) is 50.0 Å². The van der Waals surface area contributed by atoms with E-state index < -0.39 is 9.84 Å². The fourth-order valence-electron chi connectivity index (χ4n) is 3.06. The molecule has 24 heavy (non-hydrogen) atoms. The van der Waals surface area contributed by atoms with Crippen LogP contribution in [0.3, 0.4) is 0 Å². The van der Waals surface area contributed by atoms with E-state index in [2.05, 4.69) is 17.1 Å². The number of nitrogens with one attached hydrogen (secondary N) is 1. The Morgan fingerprint density at radius 3 is 2.71 bits per heavy atom. The minimum absolute atomic E-state index is 0.0113. The average Bonchev–Trinajstić information content (AvgIpc) is 2.59. The number of hydrogen-bond donors (Lipinski definition) is 1. The predicted octanol–water partition coefficient (Wildman–Crippen LogP) is 2.23. The Hall–Kier alpha value is -1.40. The summed E-state index contributed by atoms with van der Waals surface area (Å²) in [6, 6.07) is 8.91. The Morgan fingerprint density at radius 2 is 2.00 bits per heavy atom. The predicted molar refractivity (Wildman–Crippen MR) is 95.6 cm³/mol. The van der Waals surface area contributed by atoms with E-state index >= 15 is 0 Å². The molecule has 1 aromatic rings. The van der Waals surface area contributed by atoms with Gasteiger partial charge in [0, 0.05) is 25.6 Å². The molecule has 1 amide bonds. The molecule has 134 valence electrons. The molecule has 0 spiro atoms. The molecule has 1 saturated heterocycles. The van der Waals surface area contributed by atoms with Gasteiger partial charge in [-0.05, 0) is 44.9 Å². The first-order valence-electron chi connectivity index (χ1n) is 8.77. The molecule has 1 atom stereocenters. The van der Waals surface area contributed by atoms with Gasteiger partial charge < -0.3 is 10.2 Å². The first kappa shape index (κ1) is 18.9. The first-order chi connectivity index (χ1) is 11.5. The SMILES string of the molecule is C[C@@H]1CCCCN1CCCNC(=O)CCS(=O)(=O)c1ccccc1. The van der Waals surface area contributed by atoms with E-state index in [1.54, 1.807) is 30.3 Å². The van der Waals surface area contributed by atoms with Crippen LogP contribution in [0.4, 0.5) is 0 Å². The lowest BCUT2D eigenvalue weighted by atomic mass is 10.0. The van der Waals surface area contributed by atoms with Gasteiger partial charge in [-0.25, -0.2) is 8.42 Å². The maximum Gasteiger partial charge on any atom is 0.221 e. The van der Waals surface area contributed by atoms with Crippen molar-refractivity contribution in [3.63, 3.8) is 0 Å². The highest BCUT2D eigenvalue weighted by atomic mass is 32.2. The molecule has 0 aliphatic carbocycles. The summed E-state index contributed by atoms with van der Waals surface area (Å²) in [5.41, 5.74) is 0. The number of likely N-dealkylation sites (tertiary alicyclic amines) is 1. The van der Waals surface area contributed by atoms with E-state index in [-0.39, 0.29) is 23.0 Å². The smallest absolute Gasteiger partial charge is 0.221 e. The van der Waals surface area contributed by atoms with Gasteiger partial charge in [0.2, 0.25) is 5.91 Å². The summed E-state index contributed by atoms with van der Waals surface area (Å²) in [7, 11) is -3.38. The molecule has 0 radical (unpaired) electrons. The van der Waals surface area contributed by atoms with Gasteiger partial charge in [0.25, 0.3) is 0 Å². The average molecular weight is 353 g/mol. The van der Waals surface area contributed by atoms with Gasteiger partial charge in [0.1, 0.15) is 0 Å². The fourth-order valence-corrected chi connectivity index (χ4v) is 4.32. The van der Waals surface area contributed by atoms with Gasteiger partial charge in [-0.2, -0.15) is 0 Å². The molecule has 1 aliphatic rings. The summed E-state index contributed by atoms with van der Waals surface area (Å²) in [4.78, 5) is 14.6. The van der Waals surface area contributed by atoms with Gasteiger partial charge in [0.15, 0.2) is 9.84 Å². The first-order valence-corrected chi connectivity index (χ1v) is 10.4. The van der Waals surface area contributed by atoms with Crippen LogP contribution in [0.1, 0.15) is 39.0 Å². The fraction of sp³-hybridized carbons (Fsp3) is 0.611. The van der Waals surface area contributed by atoms with Crippen molar-refractivity contribution in [2.75, 3.05) is 25.4 Å². The summed E-state index contributed by atoms with van der Waals surface area (Å²) in [6.45, 7) is 4.99. The zero-order chi connectivity index (χ0) is 17.4. The number of carbonyl (C=O) groups excluding carboxylic acids is 1. The van der Waals surface area contributed by atoms with Gasteiger partial charge in [0.05, 0.1) is 10.6 Å². The van der Waals surface area contributed by atoms with E-state index in [4.69, 9.17) is 0 Å². The number of sulfone groups is 1. The second-order valence-electron chi connectivity index (χ2n) is 6.47. The van der Waals surface area contributed by atoms with Crippen molar-refractivity contribution in [2.24, 2.45) is 0 Å². The molecule has 1 N–H and O–H groups in total. The highest BCUT2D eigenvalue weighted by molar-refractivity contribution is 7.91. The minimum Gasteiger partial charge on any atom is -0.356 e. The number of rotatable bonds is 8. The van der Waals surface area contributed by atoms with Gasteiger partial charge in [-0.1, -0.05) is 24.6 Å². The molecule has 6 heteroatoms. The molecule has 1 aliphatic heterocycles. The lowest BCUT2D eigenvalue weighted by Crippen LogP contribution is -2.39. The lowest BCUT2D eigenvalue weighted by Gasteiger charge is -2.33. The molecule has 0 saturated carbocycles. The minimum atomic E-state index is -3.38. The van der Waals surface area contributed by atoms with E-state index in [0.29, 0.717) is 12.6 Å². The molecular formula is C18H28N2O3S. The van der Waals surface area contributed by atoms with E-state index in [1.165, 1.54) is 19.3 Å². The standard InChI is InChI=1S/C18H28N2O3S/c1-16-8-5-6-13-20(16)14-7-12-19-18(21)11-15-24(22,23)17-9-3-2-4-10-17/h2-4,9-10,16H,5-8,11-15H2,1H3,(H,19,21)/t16-/m1/s1. The largest absolute Gasteiger partial charge is 0.356 e. The van der Waals surface area contributed by atoms with E-state index in [0.717, 1.165) is 19.5 Å². The third kappa shape index (κ3) is 5.91. The molecule has 0 bridgehead atoms. The summed E-state index contributed by atoms with van der Waals surface area (Å²) in [6.07, 6.45) is 4.74. The van der Waals surface area contributed by atoms with Crippen LogP contribution >= 0.6 is 0 Å². The van der Waals surface area contributed by atoms with Crippen LogP contribution < -0.4 is 5.32 Å². The number of amides is 1. The topological polar surface area (TPSA) is 66.5 Å². The third-order valence-corrected chi connectivity index (χ3v) is 6.32. The Kier molecular flexibility index (Phi) is 7.24. The van der Waals surface area contributed by atoms with Crippen LogP contribution in [-0.4, -0.2) is 50.7 Å². The Bertz CT molecular complexity index is 616. The summed E-state index contributed by atoms with van der Waals surface area (Å²) < 4.78 is 24.2. The molecular weight excluding hydrogens is 324 g/mol. The van der Waals surface area contributed by atoms with Crippen LogP contribution in [0.15, 0.2) is 35.2 Å². The Labute approximate surface area is 145 Å². The quantitative estimate of drug-likeness (QED) is 0.729. The summed E-state index contributed by atoms with van der Waals surface area (Å²) in [5.74, 6) is -0.340. The normalized spacial score (nSPS) is 19.1. The van der Waals surface area contributed by atoms with E-state index in [1.807, 2.05) is 0 Å². The van der Waals surface area contributed by atoms with Gasteiger partial charge in [-0.15, -0.1) is 0 Å². The Morgan fingerprint density at radius 1 is 1.25 bits per heavy atom. The van der Waals surface area contributed by atoms with Crippen molar-refractivity contribution < 1.29 is 13.2 Å². The van der Waals surface area contributed by atoms with Crippen molar-refractivity contribution in [1.29, 1.82) is 0 Å². The monoisotopic (exact) mass is 352 g/mol. The van der Waals surface area contributed by atoms with Crippen LogP contribution in [0.5, 0.6) is 0 Å². The van der Waals surface area contributed by atoms with E-state index in [9.17, 15) is 13.2 Å². The molecule has 0 unspecified atom stereocenters. The molecule has 0 aromatic heterocycles. The van der Waals surface area contributed by atoms with Gasteiger partial charge >= 0.3 is 0 Å². The van der Waals surface area contributed by atoms with Crippen molar-refractivity contribution in [3.8, 4) is 0 Å². The number of carbonyl (C=O) groups is 1. The van der Waals surface area contributed by atoms with Gasteiger partial charge in [-0.3, -0.25) is 4.79 Å². The third-order valence-electron chi connectivity index (χ3n) is 4.59. The number of hydrogen-bond acceptors (Lipinski definition) is 4. The zero-order valence-corrected chi connectivity index (χ0v) is 15.2. The van der Waals surface area contributed by atoms with Crippen LogP contribution in [0, 0.1) is 0 Å². The van der Waals surface area contributed by atoms with Crippen LogP contribution in [0.25, 0.3) is 0 Å². The molecule has 2 rings (SSSR count). The molecule has 1 fully saturated rings. The summed E-state index contributed by atoms with van der Waals surface area (Å²) in [5, 5.41) is 2.83. The second kappa shape index (κ2) is 9.18. The molecule has 1 heterocycles. The number of piperidine rings is 1. The second-order valence-corrected chi connectivity index (χ2v) is 8.58. The Balaban J connectivity index is 1.65. The molecule has 1 aromatic carbocycles. The zero-order valence-electron chi connectivity index (χ0n) is 14.4. The van der Waals surface area contributed by atoms with Crippen molar-refractivity contribution in [1.82, 2.24) is 10.2 Å². The summed E-state index contributed by atoms with van der Waals surface area (Å²) >= 11 is 0. The number of nitrogens with zero attached hydrogens (tertiary/aromatic N) is 1. The van der Waals surface area contributed by atoms with Crippen LogP contribution in [-0.2, 0) is 14.6 Å². The lowest BCUT2D eigenvalue weighted by molar-refractivity contribution is -0.120. The van der Waals surface area contributed by atoms with Crippen LogP contribution in [0.2, 0.25) is 0 Å². The maximum absolute atomic E-state index is 12.1. The highest BCUT2D eigenvalue weighted by Crippen LogP contribution is 2.16. The van der Waals surface area contributed by atoms with Crippen molar-refractivity contribution in [3.05, 3.63) is 30.3 Å². The number of benzene rings is 1. The maximum atomic E-state index is 12.1. The molecule has 5 nitrogen and oxygen atoms in total.